The van der Waals surface area contributed by atoms with Crippen LogP contribution in [0, 0.1) is 17.3 Å². The Morgan fingerprint density at radius 3 is 2.06 bits per heavy atom. The Kier molecular flexibility index (Phi) is 4.27. The van der Waals surface area contributed by atoms with E-state index in [1.807, 2.05) is 20.8 Å². The topological polar surface area (TPSA) is 26.3 Å². The second-order valence-corrected chi connectivity index (χ2v) is 7.14. The molecule has 2 heteroatoms. The van der Waals surface area contributed by atoms with E-state index in [2.05, 4.69) is 20.8 Å². The van der Waals surface area contributed by atoms with Gasteiger partial charge in [-0.25, -0.2) is 0 Å². The van der Waals surface area contributed by atoms with Crippen molar-refractivity contribution in [2.75, 3.05) is 0 Å². The Labute approximate surface area is 106 Å². The predicted molar refractivity (Wildman–Crippen MR) is 70.7 cm³/mol. The second-order valence-electron chi connectivity index (χ2n) is 7.14. The Balaban J connectivity index is 2.57. The van der Waals surface area contributed by atoms with Gasteiger partial charge in [0.25, 0.3) is 0 Å². The van der Waals surface area contributed by atoms with Gasteiger partial charge < -0.3 is 4.74 Å². The lowest BCUT2D eigenvalue weighted by atomic mass is 9.69. The van der Waals surface area contributed by atoms with Gasteiger partial charge in [-0.3, -0.25) is 4.79 Å². The molecule has 0 aromatic heterocycles. The molecule has 1 rings (SSSR count). The molecule has 0 N–H and O–H groups in total. The molecule has 0 unspecified atom stereocenters. The molecule has 0 radical (unpaired) electrons. The van der Waals surface area contributed by atoms with Crippen LogP contribution in [0.4, 0.5) is 0 Å². The van der Waals surface area contributed by atoms with Gasteiger partial charge in [-0.05, 0) is 65.2 Å². The monoisotopic (exact) mass is 240 g/mol. The van der Waals surface area contributed by atoms with Gasteiger partial charge in [0, 0.05) is 0 Å². The molecular formula is C15H28O2. The van der Waals surface area contributed by atoms with E-state index in [9.17, 15) is 4.79 Å². The standard InChI is InChI=1S/C15H28O2/c1-11(2)12-7-9-15(6,10-8-12)13(16)17-14(3,4)5/h11-12H,7-10H2,1-6H3. The summed E-state index contributed by atoms with van der Waals surface area (Å²) in [5.41, 5.74) is -0.617. The fraction of sp³-hybridized carbons (Fsp3) is 0.933. The van der Waals surface area contributed by atoms with E-state index in [0.717, 1.165) is 37.5 Å². The summed E-state index contributed by atoms with van der Waals surface area (Å²) < 4.78 is 5.54. The van der Waals surface area contributed by atoms with Crippen molar-refractivity contribution in [1.82, 2.24) is 0 Å². The minimum absolute atomic E-state index is 0.00722. The normalized spacial score (nSPS) is 30.4. The van der Waals surface area contributed by atoms with Crippen molar-refractivity contribution >= 4 is 5.97 Å². The van der Waals surface area contributed by atoms with E-state index >= 15 is 0 Å². The maximum Gasteiger partial charge on any atom is 0.312 e. The van der Waals surface area contributed by atoms with Crippen LogP contribution in [0.1, 0.15) is 67.2 Å². The third kappa shape index (κ3) is 4.01. The van der Waals surface area contributed by atoms with Crippen molar-refractivity contribution in [2.45, 2.75) is 72.8 Å². The van der Waals surface area contributed by atoms with Crippen LogP contribution in [0.3, 0.4) is 0 Å². The summed E-state index contributed by atoms with van der Waals surface area (Å²) in [6.07, 6.45) is 4.27. The largest absolute Gasteiger partial charge is 0.460 e. The molecule has 0 bridgehead atoms. The van der Waals surface area contributed by atoms with Gasteiger partial charge in [0.2, 0.25) is 0 Å². The lowest BCUT2D eigenvalue weighted by molar-refractivity contribution is -0.169. The first-order valence-corrected chi connectivity index (χ1v) is 6.87. The quantitative estimate of drug-likeness (QED) is 0.677. The number of rotatable bonds is 2. The highest BCUT2D eigenvalue weighted by Gasteiger charge is 2.40. The van der Waals surface area contributed by atoms with E-state index in [-0.39, 0.29) is 17.0 Å². The van der Waals surface area contributed by atoms with Crippen LogP contribution in [0.2, 0.25) is 0 Å². The van der Waals surface area contributed by atoms with E-state index in [4.69, 9.17) is 4.74 Å². The number of hydrogen-bond donors (Lipinski definition) is 0. The molecular weight excluding hydrogens is 212 g/mol. The maximum absolute atomic E-state index is 12.2. The molecule has 0 heterocycles. The molecule has 1 aliphatic rings. The minimum atomic E-state index is -0.366. The summed E-state index contributed by atoms with van der Waals surface area (Å²) in [5.74, 6) is 1.51. The van der Waals surface area contributed by atoms with E-state index in [1.54, 1.807) is 0 Å². The summed E-state index contributed by atoms with van der Waals surface area (Å²) in [7, 11) is 0. The Bertz CT molecular complexity index is 265. The van der Waals surface area contributed by atoms with E-state index in [1.165, 1.54) is 0 Å². The Morgan fingerprint density at radius 2 is 1.71 bits per heavy atom. The van der Waals surface area contributed by atoms with Crippen molar-refractivity contribution in [3.63, 3.8) is 0 Å². The summed E-state index contributed by atoms with van der Waals surface area (Å²) in [6.45, 7) is 12.4. The summed E-state index contributed by atoms with van der Waals surface area (Å²) in [6, 6.07) is 0. The molecule has 0 aromatic carbocycles. The van der Waals surface area contributed by atoms with Crippen LogP contribution in [-0.4, -0.2) is 11.6 Å². The molecule has 0 atom stereocenters. The second kappa shape index (κ2) is 4.99. The van der Waals surface area contributed by atoms with Gasteiger partial charge in [-0.15, -0.1) is 0 Å². The average Bonchev–Trinajstić information content (AvgIpc) is 2.15. The molecule has 1 aliphatic carbocycles. The first-order valence-electron chi connectivity index (χ1n) is 6.87. The van der Waals surface area contributed by atoms with Crippen LogP contribution >= 0.6 is 0 Å². The van der Waals surface area contributed by atoms with Crippen LogP contribution < -0.4 is 0 Å². The fourth-order valence-electron chi connectivity index (χ4n) is 2.55. The predicted octanol–water partition coefficient (Wildman–Crippen LogP) is 4.18. The molecule has 0 spiro atoms. The summed E-state index contributed by atoms with van der Waals surface area (Å²) in [5, 5.41) is 0. The number of hydrogen-bond acceptors (Lipinski definition) is 2. The van der Waals surface area contributed by atoms with Crippen molar-refractivity contribution < 1.29 is 9.53 Å². The lowest BCUT2D eigenvalue weighted by Gasteiger charge is -2.38. The van der Waals surface area contributed by atoms with Crippen LogP contribution in [0.25, 0.3) is 0 Å². The number of esters is 1. The molecule has 2 nitrogen and oxygen atoms in total. The lowest BCUT2D eigenvalue weighted by Crippen LogP contribution is -2.39. The molecule has 1 saturated carbocycles. The summed E-state index contributed by atoms with van der Waals surface area (Å²) >= 11 is 0. The first kappa shape index (κ1) is 14.5. The molecule has 17 heavy (non-hydrogen) atoms. The van der Waals surface area contributed by atoms with Gasteiger partial charge in [0.1, 0.15) is 5.60 Å². The van der Waals surface area contributed by atoms with Crippen LogP contribution in [0.15, 0.2) is 0 Å². The number of ether oxygens (including phenoxy) is 1. The maximum atomic E-state index is 12.2. The zero-order valence-electron chi connectivity index (χ0n) is 12.3. The Hall–Kier alpha value is -0.530. The average molecular weight is 240 g/mol. The molecule has 0 aliphatic heterocycles. The molecule has 0 aromatic rings. The van der Waals surface area contributed by atoms with Gasteiger partial charge >= 0.3 is 5.97 Å². The highest BCUT2D eigenvalue weighted by molar-refractivity contribution is 5.76. The molecule has 0 amide bonds. The van der Waals surface area contributed by atoms with Gasteiger partial charge in [0.05, 0.1) is 5.41 Å². The third-order valence-electron chi connectivity index (χ3n) is 3.97. The highest BCUT2D eigenvalue weighted by atomic mass is 16.6. The SMILES string of the molecule is CC(C)C1CCC(C)(C(=O)OC(C)(C)C)CC1. The number of carbonyl (C=O) groups excluding carboxylic acids is 1. The molecule has 1 fully saturated rings. The smallest absolute Gasteiger partial charge is 0.312 e. The fourth-order valence-corrected chi connectivity index (χ4v) is 2.55. The van der Waals surface area contributed by atoms with Crippen molar-refractivity contribution in [2.24, 2.45) is 17.3 Å². The van der Waals surface area contributed by atoms with Gasteiger partial charge in [-0.2, -0.15) is 0 Å². The van der Waals surface area contributed by atoms with Crippen LogP contribution in [-0.2, 0) is 9.53 Å². The zero-order valence-corrected chi connectivity index (χ0v) is 12.3. The van der Waals surface area contributed by atoms with E-state index < -0.39 is 0 Å². The van der Waals surface area contributed by atoms with Gasteiger partial charge in [-0.1, -0.05) is 13.8 Å². The zero-order chi connectivity index (χ0) is 13.3. The van der Waals surface area contributed by atoms with Crippen LogP contribution in [0.5, 0.6) is 0 Å². The van der Waals surface area contributed by atoms with E-state index in [0.29, 0.717) is 0 Å². The summed E-state index contributed by atoms with van der Waals surface area (Å²) in [4.78, 5) is 12.2. The molecule has 0 saturated heterocycles. The Morgan fingerprint density at radius 1 is 1.24 bits per heavy atom. The van der Waals surface area contributed by atoms with Crippen molar-refractivity contribution in [3.8, 4) is 0 Å². The third-order valence-corrected chi connectivity index (χ3v) is 3.97. The number of carbonyl (C=O) groups is 1. The van der Waals surface area contributed by atoms with Crippen molar-refractivity contribution in [1.29, 1.82) is 0 Å². The van der Waals surface area contributed by atoms with Gasteiger partial charge in [0.15, 0.2) is 0 Å². The minimum Gasteiger partial charge on any atom is -0.460 e. The molecule has 100 valence electrons. The first-order chi connectivity index (χ1) is 7.64. The highest BCUT2D eigenvalue weighted by Crippen LogP contribution is 2.42. The van der Waals surface area contributed by atoms with Crippen molar-refractivity contribution in [3.05, 3.63) is 0 Å².